The van der Waals surface area contributed by atoms with E-state index in [2.05, 4.69) is 15.7 Å². The zero-order valence-corrected chi connectivity index (χ0v) is 16.2. The highest BCUT2D eigenvalue weighted by Crippen LogP contribution is 2.29. The number of carboxylic acids is 1. The molecule has 0 saturated carbocycles. The van der Waals surface area contributed by atoms with Gasteiger partial charge in [0.1, 0.15) is 17.1 Å². The Kier molecular flexibility index (Phi) is 5.17. The molecule has 2 aromatic carbocycles. The van der Waals surface area contributed by atoms with Gasteiger partial charge in [-0.15, -0.1) is 0 Å². The summed E-state index contributed by atoms with van der Waals surface area (Å²) >= 11 is 0. The van der Waals surface area contributed by atoms with Crippen LogP contribution in [0.25, 0.3) is 6.08 Å². The highest BCUT2D eigenvalue weighted by molar-refractivity contribution is 6.08. The van der Waals surface area contributed by atoms with Gasteiger partial charge in [-0.05, 0) is 36.3 Å². The second kappa shape index (κ2) is 8.08. The van der Waals surface area contributed by atoms with Gasteiger partial charge in [0.15, 0.2) is 0 Å². The lowest BCUT2D eigenvalue weighted by Gasteiger charge is -2.22. The fraction of sp³-hybridized carbons (Fsp3) is 0.0870. The van der Waals surface area contributed by atoms with E-state index >= 15 is 0 Å². The average molecular weight is 400 g/mol. The number of amides is 1. The molecule has 7 nitrogen and oxygen atoms in total. The first kappa shape index (κ1) is 19.2. The largest absolute Gasteiger partial charge is 0.477 e. The van der Waals surface area contributed by atoms with Crippen LogP contribution in [0.3, 0.4) is 0 Å². The number of allylic oxidation sites excluding steroid dienone is 2. The summed E-state index contributed by atoms with van der Waals surface area (Å²) in [6.07, 6.45) is 6.74. The average Bonchev–Trinajstić information content (AvgIpc) is 3.17. The minimum atomic E-state index is -1.11. The molecule has 2 heterocycles. The summed E-state index contributed by atoms with van der Waals surface area (Å²) in [7, 11) is 0. The molecule has 3 N–H and O–H groups in total. The van der Waals surface area contributed by atoms with Crippen molar-refractivity contribution >= 4 is 29.5 Å². The highest BCUT2D eigenvalue weighted by Gasteiger charge is 2.27. The van der Waals surface area contributed by atoms with Crippen LogP contribution in [0.1, 0.15) is 27.5 Å². The first-order chi connectivity index (χ1) is 14.5. The number of hydrogen-bond donors (Lipinski definition) is 3. The Hall–Kier alpha value is -4.13. The van der Waals surface area contributed by atoms with Gasteiger partial charge in [0.25, 0.3) is 5.91 Å². The third-order valence-electron chi connectivity index (χ3n) is 4.70. The number of benzene rings is 2. The zero-order chi connectivity index (χ0) is 21.1. The van der Waals surface area contributed by atoms with Crippen LogP contribution in [0, 0.1) is 6.92 Å². The fourth-order valence-electron chi connectivity index (χ4n) is 3.25. The quantitative estimate of drug-likeness (QED) is 0.599. The number of anilines is 2. The van der Waals surface area contributed by atoms with E-state index in [4.69, 9.17) is 0 Å². The van der Waals surface area contributed by atoms with Gasteiger partial charge >= 0.3 is 5.97 Å². The molecule has 1 aromatic heterocycles. The summed E-state index contributed by atoms with van der Waals surface area (Å²) < 4.78 is 1.59. The first-order valence-electron chi connectivity index (χ1n) is 9.42. The number of carbonyl (C=O) groups is 2. The number of aliphatic carboxylic acids is 1. The molecule has 0 bridgehead atoms. The smallest absolute Gasteiger partial charge is 0.352 e. The molecule has 1 atom stereocenters. The summed E-state index contributed by atoms with van der Waals surface area (Å²) in [5.74, 6) is -1.14. The number of carboxylic acid groups (broad SMARTS) is 1. The maximum absolute atomic E-state index is 12.8. The van der Waals surface area contributed by atoms with Crippen LogP contribution in [0.2, 0.25) is 0 Å². The van der Waals surface area contributed by atoms with Crippen molar-refractivity contribution in [2.75, 3.05) is 10.6 Å². The summed E-state index contributed by atoms with van der Waals surface area (Å²) in [5, 5.41) is 19.5. The van der Waals surface area contributed by atoms with Crippen molar-refractivity contribution in [2.45, 2.75) is 13.0 Å². The molecule has 4 rings (SSSR count). The van der Waals surface area contributed by atoms with Crippen molar-refractivity contribution in [3.8, 4) is 0 Å². The number of rotatable bonds is 5. The van der Waals surface area contributed by atoms with E-state index in [0.29, 0.717) is 11.5 Å². The third-order valence-corrected chi connectivity index (χ3v) is 4.70. The summed E-state index contributed by atoms with van der Waals surface area (Å²) in [6.45, 7) is 1.94. The Morgan fingerprint density at radius 2 is 1.97 bits per heavy atom. The summed E-state index contributed by atoms with van der Waals surface area (Å²) in [4.78, 5) is 24.5. The molecule has 1 aliphatic rings. The van der Waals surface area contributed by atoms with Crippen LogP contribution >= 0.6 is 0 Å². The van der Waals surface area contributed by atoms with Crippen LogP contribution in [0.5, 0.6) is 0 Å². The zero-order valence-electron chi connectivity index (χ0n) is 16.2. The van der Waals surface area contributed by atoms with Crippen LogP contribution in [-0.4, -0.2) is 26.8 Å². The van der Waals surface area contributed by atoms with Crippen LogP contribution in [0.15, 0.2) is 78.6 Å². The van der Waals surface area contributed by atoms with Crippen molar-refractivity contribution in [3.63, 3.8) is 0 Å². The summed E-state index contributed by atoms with van der Waals surface area (Å²) in [5.41, 5.74) is 2.92. The number of aromatic nitrogens is 2. The minimum absolute atomic E-state index is 0.00434. The Labute approximate surface area is 173 Å². The third kappa shape index (κ3) is 4.00. The predicted octanol–water partition coefficient (Wildman–Crippen LogP) is 4.09. The van der Waals surface area contributed by atoms with Crippen molar-refractivity contribution < 1.29 is 14.7 Å². The number of aryl methyl sites for hydroxylation is 1. The van der Waals surface area contributed by atoms with Crippen LogP contribution in [-0.2, 0) is 4.79 Å². The molecule has 0 saturated heterocycles. The normalized spacial score (nSPS) is 15.2. The predicted molar refractivity (Wildman–Crippen MR) is 115 cm³/mol. The maximum atomic E-state index is 12.8. The van der Waals surface area contributed by atoms with Crippen LogP contribution < -0.4 is 10.6 Å². The van der Waals surface area contributed by atoms with Gasteiger partial charge in [0.2, 0.25) is 0 Å². The van der Waals surface area contributed by atoms with E-state index in [1.165, 1.54) is 6.20 Å². The molecular weight excluding hydrogens is 380 g/mol. The van der Waals surface area contributed by atoms with Crippen molar-refractivity contribution in [3.05, 3.63) is 95.3 Å². The standard InChI is InChI=1S/C23H20N4O3/c1-15-6-5-9-17(12-15)25-22(28)19-14-24-27-18(11-10-16-7-3-2-4-8-16)13-20(23(29)30)26-21(19)27/h2-14,18,26H,1H3,(H,25,28)(H,29,30)/b11-10+/t18-/m1/s1. The van der Waals surface area contributed by atoms with E-state index in [0.717, 1.165) is 11.1 Å². The second-order valence-electron chi connectivity index (χ2n) is 6.95. The van der Waals surface area contributed by atoms with E-state index in [-0.39, 0.29) is 17.2 Å². The molecule has 0 unspecified atom stereocenters. The Balaban J connectivity index is 1.65. The van der Waals surface area contributed by atoms with Crippen molar-refractivity contribution in [1.82, 2.24) is 9.78 Å². The molecule has 30 heavy (non-hydrogen) atoms. The van der Waals surface area contributed by atoms with Gasteiger partial charge in [-0.25, -0.2) is 9.48 Å². The lowest BCUT2D eigenvalue weighted by atomic mass is 10.1. The number of nitrogens with zero attached hydrogens (tertiary/aromatic N) is 2. The van der Waals surface area contributed by atoms with Gasteiger partial charge in [0, 0.05) is 5.69 Å². The highest BCUT2D eigenvalue weighted by atomic mass is 16.4. The second-order valence-corrected chi connectivity index (χ2v) is 6.95. The van der Waals surface area contributed by atoms with E-state index in [1.807, 2.05) is 67.6 Å². The van der Waals surface area contributed by atoms with Gasteiger partial charge in [0.05, 0.1) is 12.2 Å². The van der Waals surface area contributed by atoms with Gasteiger partial charge in [-0.2, -0.15) is 5.10 Å². The lowest BCUT2D eigenvalue weighted by molar-refractivity contribution is -0.132. The van der Waals surface area contributed by atoms with Gasteiger partial charge in [-0.3, -0.25) is 4.79 Å². The Morgan fingerprint density at radius 3 is 2.70 bits per heavy atom. The van der Waals surface area contributed by atoms with E-state index < -0.39 is 12.0 Å². The fourth-order valence-corrected chi connectivity index (χ4v) is 3.25. The molecule has 0 aliphatic carbocycles. The molecule has 0 spiro atoms. The molecule has 0 fully saturated rings. The van der Waals surface area contributed by atoms with Crippen molar-refractivity contribution in [2.24, 2.45) is 0 Å². The molecule has 150 valence electrons. The van der Waals surface area contributed by atoms with Crippen LogP contribution in [0.4, 0.5) is 11.5 Å². The monoisotopic (exact) mass is 400 g/mol. The molecule has 1 aliphatic heterocycles. The van der Waals surface area contributed by atoms with Gasteiger partial charge < -0.3 is 15.7 Å². The van der Waals surface area contributed by atoms with E-state index in [9.17, 15) is 14.7 Å². The Bertz CT molecular complexity index is 1160. The topological polar surface area (TPSA) is 96.3 Å². The van der Waals surface area contributed by atoms with E-state index in [1.54, 1.807) is 16.8 Å². The number of hydrogen-bond acceptors (Lipinski definition) is 4. The lowest BCUT2D eigenvalue weighted by Crippen LogP contribution is -2.24. The number of fused-ring (bicyclic) bond motifs is 1. The Morgan fingerprint density at radius 1 is 1.17 bits per heavy atom. The SMILES string of the molecule is Cc1cccc(NC(=O)c2cnn3c2NC(C(=O)O)=C[C@H]3/C=C/c2ccccc2)c1. The molecule has 3 aromatic rings. The first-order valence-corrected chi connectivity index (χ1v) is 9.42. The molecule has 0 radical (unpaired) electrons. The number of nitrogens with one attached hydrogen (secondary N) is 2. The summed E-state index contributed by atoms with van der Waals surface area (Å²) in [6, 6.07) is 16.7. The number of carbonyl (C=O) groups excluding carboxylic acids is 1. The molecule has 7 heteroatoms. The molecule has 1 amide bonds. The van der Waals surface area contributed by atoms with Gasteiger partial charge in [-0.1, -0.05) is 54.6 Å². The molecular formula is C23H20N4O3. The van der Waals surface area contributed by atoms with Crippen molar-refractivity contribution in [1.29, 1.82) is 0 Å². The minimum Gasteiger partial charge on any atom is -0.477 e. The maximum Gasteiger partial charge on any atom is 0.352 e.